The van der Waals surface area contributed by atoms with E-state index < -0.39 is 0 Å². The van der Waals surface area contributed by atoms with Gasteiger partial charge < -0.3 is 4.42 Å². The highest BCUT2D eigenvalue weighted by Gasteiger charge is 2.21. The molecule has 0 atom stereocenters. The van der Waals surface area contributed by atoms with Crippen LogP contribution in [0.5, 0.6) is 0 Å². The fourth-order valence-electron chi connectivity index (χ4n) is 7.77. The average molecular weight is 708 g/mol. The van der Waals surface area contributed by atoms with Crippen LogP contribution >= 0.6 is 11.3 Å². The van der Waals surface area contributed by atoms with Gasteiger partial charge in [0.05, 0.1) is 5.56 Å². The second-order valence-corrected chi connectivity index (χ2v) is 14.6. The van der Waals surface area contributed by atoms with Gasteiger partial charge in [-0.15, -0.1) is 11.3 Å². The van der Waals surface area contributed by atoms with Gasteiger partial charge in [0.15, 0.2) is 17.5 Å². The Morgan fingerprint density at radius 1 is 0.370 bits per heavy atom. The van der Waals surface area contributed by atoms with Crippen molar-refractivity contribution in [2.24, 2.45) is 0 Å². The molecule has 8 aromatic carbocycles. The first-order chi connectivity index (χ1) is 26.8. The van der Waals surface area contributed by atoms with Gasteiger partial charge in [-0.1, -0.05) is 158 Å². The lowest BCUT2D eigenvalue weighted by Gasteiger charge is -2.09. The van der Waals surface area contributed by atoms with E-state index in [1.54, 1.807) is 0 Å². The Hall–Kier alpha value is -6.95. The van der Waals surface area contributed by atoms with E-state index in [-0.39, 0.29) is 0 Å². The molecule has 0 saturated carbocycles. The number of hydrogen-bond donors (Lipinski definition) is 0. The van der Waals surface area contributed by atoms with Crippen molar-refractivity contribution in [2.45, 2.75) is 0 Å². The Morgan fingerprint density at radius 2 is 0.889 bits per heavy atom. The van der Waals surface area contributed by atoms with Crippen molar-refractivity contribution >= 4 is 64.2 Å². The number of fused-ring (bicyclic) bond motifs is 8. The van der Waals surface area contributed by atoms with E-state index >= 15 is 0 Å². The van der Waals surface area contributed by atoms with Crippen LogP contribution in [0.25, 0.3) is 109 Å². The molecule has 11 aromatic rings. The smallest absolute Gasteiger partial charge is 0.167 e. The molecule has 0 radical (unpaired) electrons. The molecule has 0 N–H and O–H groups in total. The van der Waals surface area contributed by atoms with Crippen molar-refractivity contribution in [1.29, 1.82) is 0 Å². The molecule has 0 aliphatic rings. The van der Waals surface area contributed by atoms with Gasteiger partial charge in [-0.05, 0) is 40.1 Å². The van der Waals surface area contributed by atoms with E-state index in [2.05, 4.69) is 140 Å². The molecule has 4 nitrogen and oxygen atoms in total. The SMILES string of the molecule is c1ccc(-c2ccc(-c3nc(-c4ccccc4)nc(-c4cccc5c4oc4c(-c6cc7ccccc7c7c6sc6ccccc67)cccc45)n3)cc2)cc1. The molecule has 3 heterocycles. The van der Waals surface area contributed by atoms with Crippen LogP contribution in [0.4, 0.5) is 0 Å². The van der Waals surface area contributed by atoms with Crippen LogP contribution in [-0.2, 0) is 0 Å². The Kier molecular flexibility index (Phi) is 7.00. The number of hydrogen-bond acceptors (Lipinski definition) is 5. The second kappa shape index (κ2) is 12.3. The lowest BCUT2D eigenvalue weighted by Crippen LogP contribution is -2.00. The minimum Gasteiger partial charge on any atom is -0.455 e. The van der Waals surface area contributed by atoms with Crippen molar-refractivity contribution in [3.63, 3.8) is 0 Å². The van der Waals surface area contributed by atoms with Gasteiger partial charge in [-0.2, -0.15) is 0 Å². The normalized spacial score (nSPS) is 11.7. The molecule has 54 heavy (non-hydrogen) atoms. The predicted molar refractivity (Wildman–Crippen MR) is 225 cm³/mol. The second-order valence-electron chi connectivity index (χ2n) is 13.5. The largest absolute Gasteiger partial charge is 0.455 e. The zero-order chi connectivity index (χ0) is 35.6. The number of benzene rings is 8. The summed E-state index contributed by atoms with van der Waals surface area (Å²) >= 11 is 1.84. The first-order valence-corrected chi connectivity index (χ1v) is 18.8. The summed E-state index contributed by atoms with van der Waals surface area (Å²) in [5, 5.41) is 7.13. The summed E-state index contributed by atoms with van der Waals surface area (Å²) in [4.78, 5) is 15.2. The molecule has 0 spiro atoms. The van der Waals surface area contributed by atoms with Crippen molar-refractivity contribution in [3.05, 3.63) is 176 Å². The monoisotopic (exact) mass is 707 g/mol. The molecule has 0 bridgehead atoms. The third-order valence-electron chi connectivity index (χ3n) is 10.3. The van der Waals surface area contributed by atoms with Crippen LogP contribution in [0, 0.1) is 0 Å². The molecule has 0 aliphatic carbocycles. The van der Waals surface area contributed by atoms with Crippen LogP contribution in [0.3, 0.4) is 0 Å². The summed E-state index contributed by atoms with van der Waals surface area (Å²) in [5.74, 6) is 1.78. The standard InChI is InChI=1S/C49H29N3OS/c1-3-13-30(14-4-1)31-25-27-33(28-26-31)48-50-47(32-15-5-2-6-16-32)51-49(52-48)40-23-12-21-37-36-20-11-22-38(44(36)53-45(37)40)41-29-34-17-7-8-18-35(34)43-39-19-9-10-24-42(39)54-46(41)43/h1-29H. The molecule has 5 heteroatoms. The van der Waals surface area contributed by atoms with E-state index in [9.17, 15) is 0 Å². The molecule has 11 rings (SSSR count). The van der Waals surface area contributed by atoms with Crippen LogP contribution in [0.15, 0.2) is 180 Å². The van der Waals surface area contributed by atoms with E-state index in [4.69, 9.17) is 19.4 Å². The number of aromatic nitrogens is 3. The minimum absolute atomic E-state index is 0.565. The molecular weight excluding hydrogens is 679 g/mol. The molecule has 0 fully saturated rings. The van der Waals surface area contributed by atoms with E-state index in [0.29, 0.717) is 17.5 Å². The van der Waals surface area contributed by atoms with Gasteiger partial charge in [0, 0.05) is 53.2 Å². The van der Waals surface area contributed by atoms with Crippen molar-refractivity contribution in [2.75, 3.05) is 0 Å². The number of para-hydroxylation sites is 2. The summed E-state index contributed by atoms with van der Waals surface area (Å²) in [6.07, 6.45) is 0. The molecular formula is C49H29N3OS. The fourth-order valence-corrected chi connectivity index (χ4v) is 9.01. The van der Waals surface area contributed by atoms with Gasteiger partial charge in [-0.25, -0.2) is 15.0 Å². The van der Waals surface area contributed by atoms with Crippen molar-refractivity contribution in [1.82, 2.24) is 15.0 Å². The Balaban J connectivity index is 1.12. The maximum Gasteiger partial charge on any atom is 0.167 e. The van der Waals surface area contributed by atoms with Crippen molar-refractivity contribution in [3.8, 4) is 56.4 Å². The first kappa shape index (κ1) is 30.7. The summed E-state index contributed by atoms with van der Waals surface area (Å²) in [5.41, 5.74) is 8.80. The zero-order valence-corrected chi connectivity index (χ0v) is 29.7. The van der Waals surface area contributed by atoms with Gasteiger partial charge in [0.1, 0.15) is 11.2 Å². The maximum absolute atomic E-state index is 7.02. The van der Waals surface area contributed by atoms with Gasteiger partial charge in [-0.3, -0.25) is 0 Å². The highest BCUT2D eigenvalue weighted by Crippen LogP contribution is 2.47. The molecule has 0 amide bonds. The summed E-state index contributed by atoms with van der Waals surface area (Å²) in [6, 6.07) is 61.4. The topological polar surface area (TPSA) is 51.8 Å². The highest BCUT2D eigenvalue weighted by atomic mass is 32.1. The molecule has 0 unspecified atom stereocenters. The quantitative estimate of drug-likeness (QED) is 0.179. The van der Waals surface area contributed by atoms with Gasteiger partial charge in [0.2, 0.25) is 0 Å². The highest BCUT2D eigenvalue weighted by molar-refractivity contribution is 7.26. The number of thiophene rings is 1. The first-order valence-electron chi connectivity index (χ1n) is 18.0. The molecule has 0 aliphatic heterocycles. The average Bonchev–Trinajstić information content (AvgIpc) is 3.84. The lowest BCUT2D eigenvalue weighted by molar-refractivity contribution is 0.670. The summed E-state index contributed by atoms with van der Waals surface area (Å²) in [6.45, 7) is 0. The van der Waals surface area contributed by atoms with Gasteiger partial charge in [0.25, 0.3) is 0 Å². The van der Waals surface area contributed by atoms with Gasteiger partial charge >= 0.3 is 0 Å². The Bertz CT molecular complexity index is 3200. The molecule has 0 saturated heterocycles. The number of rotatable bonds is 5. The van der Waals surface area contributed by atoms with Crippen LogP contribution in [-0.4, -0.2) is 15.0 Å². The van der Waals surface area contributed by atoms with Crippen LogP contribution in [0.1, 0.15) is 0 Å². The third kappa shape index (κ3) is 4.94. The zero-order valence-electron chi connectivity index (χ0n) is 28.9. The Labute approximate surface area is 314 Å². The minimum atomic E-state index is 0.565. The predicted octanol–water partition coefficient (Wildman–Crippen LogP) is 13.6. The summed E-state index contributed by atoms with van der Waals surface area (Å²) < 4.78 is 9.56. The maximum atomic E-state index is 7.02. The van der Waals surface area contributed by atoms with Crippen molar-refractivity contribution < 1.29 is 4.42 Å². The number of furan rings is 1. The fraction of sp³-hybridized carbons (Fsp3) is 0. The molecule has 3 aromatic heterocycles. The third-order valence-corrected chi connectivity index (χ3v) is 11.5. The van der Waals surface area contributed by atoms with E-state index in [1.807, 2.05) is 47.7 Å². The van der Waals surface area contributed by atoms with Crippen LogP contribution < -0.4 is 0 Å². The van der Waals surface area contributed by atoms with Crippen LogP contribution in [0.2, 0.25) is 0 Å². The lowest BCUT2D eigenvalue weighted by atomic mass is 9.95. The van der Waals surface area contributed by atoms with E-state index in [1.165, 1.54) is 36.5 Å². The molecule has 252 valence electrons. The summed E-state index contributed by atoms with van der Waals surface area (Å²) in [7, 11) is 0. The Morgan fingerprint density at radius 3 is 1.63 bits per heavy atom. The number of nitrogens with zero attached hydrogens (tertiary/aromatic N) is 3. The van der Waals surface area contributed by atoms with E-state index in [0.717, 1.165) is 55.3 Å².